The molecule has 0 aromatic heterocycles. The highest BCUT2D eigenvalue weighted by atomic mass is 19.1. The molecule has 35 heavy (non-hydrogen) atoms. The minimum absolute atomic E-state index is 0.0647. The molecule has 0 bridgehead atoms. The number of hydrogen-bond donors (Lipinski definition) is 0. The molecular weight excluding hydrogens is 459 g/mol. The largest absolute Gasteiger partial charge is 0.457 e. The molecular formula is C26H29FO8. The maximum Gasteiger partial charge on any atom is 0.338 e. The van der Waals surface area contributed by atoms with Crippen LogP contribution in [-0.2, 0) is 25.7 Å². The number of ether oxygens (including phenoxy) is 4. The van der Waals surface area contributed by atoms with Gasteiger partial charge in [-0.1, -0.05) is 39.0 Å². The molecule has 0 aliphatic rings. The van der Waals surface area contributed by atoms with E-state index in [1.807, 2.05) is 0 Å². The molecule has 0 radical (unpaired) electrons. The van der Waals surface area contributed by atoms with E-state index in [1.54, 1.807) is 26.8 Å². The first-order valence-corrected chi connectivity index (χ1v) is 11.5. The van der Waals surface area contributed by atoms with E-state index in [2.05, 4.69) is 0 Å². The average Bonchev–Trinajstić information content (AvgIpc) is 2.80. The summed E-state index contributed by atoms with van der Waals surface area (Å²) in [4.78, 5) is 49.4. The van der Waals surface area contributed by atoms with E-state index in [1.165, 1.54) is 18.2 Å². The fraction of sp³-hybridized carbons (Fsp3) is 0.385. The summed E-state index contributed by atoms with van der Waals surface area (Å²) in [5.41, 5.74) is 0.0189. The molecule has 0 saturated carbocycles. The number of benzene rings is 2. The van der Waals surface area contributed by atoms with Gasteiger partial charge in [0.25, 0.3) is 0 Å². The maximum absolute atomic E-state index is 13.9. The van der Waals surface area contributed by atoms with Gasteiger partial charge in [0.1, 0.15) is 12.4 Å². The number of esters is 4. The molecule has 8 nitrogen and oxygen atoms in total. The van der Waals surface area contributed by atoms with Crippen LogP contribution in [0.5, 0.6) is 17.2 Å². The van der Waals surface area contributed by atoms with Crippen LogP contribution < -0.4 is 14.2 Å². The van der Waals surface area contributed by atoms with Crippen LogP contribution in [0.3, 0.4) is 0 Å². The summed E-state index contributed by atoms with van der Waals surface area (Å²) < 4.78 is 35.1. The first-order valence-electron chi connectivity index (χ1n) is 11.5. The summed E-state index contributed by atoms with van der Waals surface area (Å²) in [5, 5.41) is 0. The van der Waals surface area contributed by atoms with E-state index in [-0.39, 0.29) is 54.2 Å². The molecule has 0 spiro atoms. The molecule has 2 aromatic carbocycles. The summed E-state index contributed by atoms with van der Waals surface area (Å²) >= 11 is 0. The van der Waals surface area contributed by atoms with Crippen LogP contribution in [0, 0.1) is 5.82 Å². The van der Waals surface area contributed by atoms with E-state index >= 15 is 0 Å². The smallest absolute Gasteiger partial charge is 0.338 e. The maximum atomic E-state index is 13.9. The van der Waals surface area contributed by atoms with Crippen molar-refractivity contribution in [1.29, 1.82) is 0 Å². The lowest BCUT2D eigenvalue weighted by Gasteiger charge is -2.16. The second-order valence-electron chi connectivity index (χ2n) is 7.64. The minimum Gasteiger partial charge on any atom is -0.457 e. The lowest BCUT2D eigenvalue weighted by atomic mass is 10.1. The zero-order chi connectivity index (χ0) is 25.8. The molecule has 0 atom stereocenters. The van der Waals surface area contributed by atoms with Crippen LogP contribution in [0.2, 0.25) is 0 Å². The highest BCUT2D eigenvalue weighted by Gasteiger charge is 2.25. The predicted molar refractivity (Wildman–Crippen MR) is 124 cm³/mol. The Hall–Kier alpha value is -3.75. The summed E-state index contributed by atoms with van der Waals surface area (Å²) in [5.74, 6) is -4.17. The summed E-state index contributed by atoms with van der Waals surface area (Å²) in [7, 11) is 0. The Morgan fingerprint density at radius 3 is 1.71 bits per heavy atom. The molecule has 0 aliphatic heterocycles. The normalized spacial score (nSPS) is 10.4. The van der Waals surface area contributed by atoms with E-state index in [9.17, 15) is 23.6 Å². The standard InChI is InChI=1S/C26H29FO8/c1-4-9-22(28)33-20-14-18(26(31)32-16-17-12-7-8-13-19(17)27)15-21(34-23(29)10-5-2)25(20)35-24(30)11-6-3/h7-8,12-15H,4-6,9-11,16H2,1-3H3. The van der Waals surface area contributed by atoms with Crippen LogP contribution in [0.25, 0.3) is 0 Å². The molecule has 188 valence electrons. The van der Waals surface area contributed by atoms with Crippen molar-refractivity contribution in [3.63, 3.8) is 0 Å². The molecule has 0 N–H and O–H groups in total. The number of halogens is 1. The van der Waals surface area contributed by atoms with Gasteiger partial charge in [0.05, 0.1) is 5.56 Å². The van der Waals surface area contributed by atoms with Crippen LogP contribution in [0.4, 0.5) is 4.39 Å². The van der Waals surface area contributed by atoms with Crippen LogP contribution >= 0.6 is 0 Å². The molecule has 0 heterocycles. The summed E-state index contributed by atoms with van der Waals surface area (Å²) in [6.07, 6.45) is 1.68. The van der Waals surface area contributed by atoms with Crippen molar-refractivity contribution in [2.75, 3.05) is 0 Å². The Balaban J connectivity index is 2.46. The van der Waals surface area contributed by atoms with Crippen molar-refractivity contribution in [3.8, 4) is 17.2 Å². The van der Waals surface area contributed by atoms with Gasteiger partial charge < -0.3 is 18.9 Å². The molecule has 2 rings (SSSR count). The van der Waals surface area contributed by atoms with Gasteiger partial charge in [-0.25, -0.2) is 9.18 Å². The van der Waals surface area contributed by atoms with Gasteiger partial charge in [-0.3, -0.25) is 14.4 Å². The molecule has 0 amide bonds. The number of carbonyl (C=O) groups excluding carboxylic acids is 4. The Kier molecular flexibility index (Phi) is 10.9. The Labute approximate surface area is 203 Å². The zero-order valence-corrected chi connectivity index (χ0v) is 20.1. The third kappa shape index (κ3) is 8.51. The lowest BCUT2D eigenvalue weighted by Crippen LogP contribution is -2.16. The molecule has 0 unspecified atom stereocenters. The van der Waals surface area contributed by atoms with Crippen molar-refractivity contribution in [2.24, 2.45) is 0 Å². The van der Waals surface area contributed by atoms with Gasteiger partial charge in [-0.2, -0.15) is 0 Å². The molecule has 0 aliphatic carbocycles. The lowest BCUT2D eigenvalue weighted by molar-refractivity contribution is -0.138. The average molecular weight is 489 g/mol. The van der Waals surface area contributed by atoms with Gasteiger partial charge in [0, 0.05) is 24.8 Å². The van der Waals surface area contributed by atoms with Gasteiger partial charge in [-0.15, -0.1) is 0 Å². The first-order chi connectivity index (χ1) is 16.8. The quantitative estimate of drug-likeness (QED) is 0.293. The number of hydrogen-bond acceptors (Lipinski definition) is 8. The fourth-order valence-corrected chi connectivity index (χ4v) is 2.91. The Bertz CT molecular complexity index is 1020. The van der Waals surface area contributed by atoms with E-state index < -0.39 is 29.7 Å². The van der Waals surface area contributed by atoms with Gasteiger partial charge in [0.2, 0.25) is 5.75 Å². The van der Waals surface area contributed by atoms with Crippen LogP contribution in [-0.4, -0.2) is 23.9 Å². The highest BCUT2D eigenvalue weighted by Crippen LogP contribution is 2.40. The third-order valence-corrected chi connectivity index (χ3v) is 4.60. The topological polar surface area (TPSA) is 105 Å². The van der Waals surface area contributed by atoms with Gasteiger partial charge in [-0.05, 0) is 37.5 Å². The third-order valence-electron chi connectivity index (χ3n) is 4.60. The van der Waals surface area contributed by atoms with E-state index in [4.69, 9.17) is 18.9 Å². The van der Waals surface area contributed by atoms with Crippen molar-refractivity contribution in [1.82, 2.24) is 0 Å². The van der Waals surface area contributed by atoms with Crippen molar-refractivity contribution < 1.29 is 42.5 Å². The summed E-state index contributed by atoms with van der Waals surface area (Å²) in [6, 6.07) is 8.12. The SMILES string of the molecule is CCCC(=O)Oc1cc(C(=O)OCc2ccccc2F)cc(OC(=O)CCC)c1OC(=O)CCC. The molecule has 0 fully saturated rings. The van der Waals surface area contributed by atoms with E-state index in [0.29, 0.717) is 19.3 Å². The number of carbonyl (C=O) groups is 4. The predicted octanol–water partition coefficient (Wildman–Crippen LogP) is 5.30. The summed E-state index contributed by atoms with van der Waals surface area (Å²) in [6.45, 7) is 4.98. The second-order valence-corrected chi connectivity index (χ2v) is 7.64. The van der Waals surface area contributed by atoms with Gasteiger partial charge in [0.15, 0.2) is 11.5 Å². The Morgan fingerprint density at radius 1 is 0.743 bits per heavy atom. The van der Waals surface area contributed by atoms with Crippen molar-refractivity contribution in [2.45, 2.75) is 65.9 Å². The molecule has 9 heteroatoms. The first kappa shape index (κ1) is 27.5. The monoisotopic (exact) mass is 488 g/mol. The van der Waals surface area contributed by atoms with E-state index in [0.717, 1.165) is 12.1 Å². The van der Waals surface area contributed by atoms with Crippen molar-refractivity contribution >= 4 is 23.9 Å². The number of rotatable bonds is 12. The van der Waals surface area contributed by atoms with Crippen LogP contribution in [0.15, 0.2) is 36.4 Å². The molecule has 2 aromatic rings. The Morgan fingerprint density at radius 2 is 1.23 bits per heavy atom. The van der Waals surface area contributed by atoms with Gasteiger partial charge >= 0.3 is 23.9 Å². The molecule has 0 saturated heterocycles. The zero-order valence-electron chi connectivity index (χ0n) is 20.1. The fourth-order valence-electron chi connectivity index (χ4n) is 2.91. The van der Waals surface area contributed by atoms with Crippen molar-refractivity contribution in [3.05, 3.63) is 53.3 Å². The highest BCUT2D eigenvalue weighted by molar-refractivity contribution is 5.92. The second kappa shape index (κ2) is 13.8. The van der Waals surface area contributed by atoms with Crippen LogP contribution in [0.1, 0.15) is 75.2 Å². The minimum atomic E-state index is -0.889.